The number of rotatable bonds is 2. The molecule has 0 aliphatic carbocycles. The van der Waals surface area contributed by atoms with Gasteiger partial charge >= 0.3 is 0 Å². The minimum absolute atomic E-state index is 0.596. The van der Waals surface area contributed by atoms with E-state index in [1.165, 1.54) is 10.3 Å². The fourth-order valence-corrected chi connectivity index (χ4v) is 3.66. The normalized spacial score (nSPS) is 13.0. The summed E-state index contributed by atoms with van der Waals surface area (Å²) in [6.07, 6.45) is -0.728. The van der Waals surface area contributed by atoms with E-state index in [9.17, 15) is 5.11 Å². The quantitative estimate of drug-likeness (QED) is 0.562. The Morgan fingerprint density at radius 1 is 1.10 bits per heavy atom. The van der Waals surface area contributed by atoms with Crippen molar-refractivity contribution in [3.63, 3.8) is 0 Å². The maximum atomic E-state index is 10.7. The molecule has 0 spiro atoms. The molecule has 0 aliphatic rings. The van der Waals surface area contributed by atoms with Crippen LogP contribution in [-0.2, 0) is 0 Å². The van der Waals surface area contributed by atoms with E-state index in [0.717, 1.165) is 21.9 Å². The van der Waals surface area contributed by atoms with E-state index in [0.29, 0.717) is 5.76 Å². The molecular weight excluding hydrogens is 280 g/mol. The lowest BCUT2D eigenvalue weighted by atomic mass is 10.1. The molecule has 21 heavy (non-hydrogen) atoms. The third-order valence-electron chi connectivity index (χ3n) is 3.77. The first-order chi connectivity index (χ1) is 10.2. The summed E-state index contributed by atoms with van der Waals surface area (Å²) in [6.45, 7) is 2.05. The van der Waals surface area contributed by atoms with Crippen molar-refractivity contribution in [1.82, 2.24) is 0 Å². The summed E-state index contributed by atoms with van der Waals surface area (Å²) in [6, 6.07) is 16.1. The average molecular weight is 294 g/mol. The van der Waals surface area contributed by atoms with E-state index in [1.54, 1.807) is 11.3 Å². The maximum Gasteiger partial charge on any atom is 0.138 e. The highest BCUT2D eigenvalue weighted by Gasteiger charge is 2.19. The van der Waals surface area contributed by atoms with Gasteiger partial charge in [-0.25, -0.2) is 0 Å². The lowest BCUT2D eigenvalue weighted by Gasteiger charge is -2.06. The van der Waals surface area contributed by atoms with Crippen LogP contribution in [0.3, 0.4) is 0 Å². The minimum Gasteiger partial charge on any atom is -0.458 e. The summed E-state index contributed by atoms with van der Waals surface area (Å²) in [5.74, 6) is 0.596. The van der Waals surface area contributed by atoms with E-state index in [2.05, 4.69) is 19.1 Å². The molecule has 0 saturated carbocycles. The van der Waals surface area contributed by atoms with Crippen LogP contribution in [0.25, 0.3) is 21.1 Å². The fourth-order valence-electron chi connectivity index (χ4n) is 2.68. The molecule has 1 atom stereocenters. The van der Waals surface area contributed by atoms with E-state index in [4.69, 9.17) is 4.42 Å². The van der Waals surface area contributed by atoms with Crippen molar-refractivity contribution < 1.29 is 9.52 Å². The smallest absolute Gasteiger partial charge is 0.138 e. The Kier molecular flexibility index (Phi) is 2.84. The van der Waals surface area contributed by atoms with Crippen LogP contribution in [-0.4, -0.2) is 5.11 Å². The van der Waals surface area contributed by atoms with Crippen molar-refractivity contribution in [2.45, 2.75) is 13.0 Å². The van der Waals surface area contributed by atoms with Crippen LogP contribution >= 0.6 is 11.3 Å². The van der Waals surface area contributed by atoms with Gasteiger partial charge in [0.25, 0.3) is 0 Å². The number of fused-ring (bicyclic) bond motifs is 2. The molecule has 4 rings (SSSR count). The molecule has 104 valence electrons. The first kappa shape index (κ1) is 12.6. The maximum absolute atomic E-state index is 10.7. The Balaban J connectivity index is 1.83. The average Bonchev–Trinajstić information content (AvgIpc) is 3.09. The number of thiophene rings is 1. The molecule has 1 unspecified atom stereocenters. The van der Waals surface area contributed by atoms with Crippen molar-refractivity contribution in [1.29, 1.82) is 0 Å². The minimum atomic E-state index is -0.728. The second-order valence-electron chi connectivity index (χ2n) is 5.28. The van der Waals surface area contributed by atoms with Crippen LogP contribution in [0.5, 0.6) is 0 Å². The van der Waals surface area contributed by atoms with Crippen LogP contribution in [0.15, 0.2) is 58.3 Å². The zero-order valence-corrected chi connectivity index (χ0v) is 12.4. The standard InChI is InChI=1S/C18H14O2S/c1-11-6-7-15-12(8-11)9-16(20-15)18(19)14-10-21-17-5-3-2-4-13(14)17/h2-10,18-19H,1H3. The van der Waals surface area contributed by atoms with Gasteiger partial charge in [0, 0.05) is 15.6 Å². The predicted molar refractivity (Wildman–Crippen MR) is 86.8 cm³/mol. The molecule has 0 amide bonds. The SMILES string of the molecule is Cc1ccc2oc(C(O)c3csc4ccccc34)cc2c1. The van der Waals surface area contributed by atoms with Crippen molar-refractivity contribution in [3.05, 3.63) is 70.8 Å². The monoisotopic (exact) mass is 294 g/mol. The number of furan rings is 1. The molecule has 0 bridgehead atoms. The second-order valence-corrected chi connectivity index (χ2v) is 6.19. The third-order valence-corrected chi connectivity index (χ3v) is 4.75. The number of benzene rings is 2. The number of aryl methyl sites for hydroxylation is 1. The van der Waals surface area contributed by atoms with Gasteiger partial charge in [0.2, 0.25) is 0 Å². The third kappa shape index (κ3) is 2.06. The molecule has 3 heteroatoms. The summed E-state index contributed by atoms with van der Waals surface area (Å²) in [5.41, 5.74) is 2.91. The highest BCUT2D eigenvalue weighted by Crippen LogP contribution is 2.35. The zero-order chi connectivity index (χ0) is 14.4. The van der Waals surface area contributed by atoms with Crippen molar-refractivity contribution in [2.75, 3.05) is 0 Å². The summed E-state index contributed by atoms with van der Waals surface area (Å²) >= 11 is 1.64. The summed E-state index contributed by atoms with van der Waals surface area (Å²) in [5, 5.41) is 14.8. The van der Waals surface area contributed by atoms with Crippen LogP contribution in [0.2, 0.25) is 0 Å². The molecule has 0 saturated heterocycles. The van der Waals surface area contributed by atoms with E-state index < -0.39 is 6.10 Å². The number of hydrogen-bond donors (Lipinski definition) is 1. The van der Waals surface area contributed by atoms with E-state index in [1.807, 2.05) is 41.8 Å². The lowest BCUT2D eigenvalue weighted by molar-refractivity contribution is 0.194. The molecule has 4 aromatic rings. The lowest BCUT2D eigenvalue weighted by Crippen LogP contribution is -1.96. The first-order valence-corrected chi connectivity index (χ1v) is 7.74. The van der Waals surface area contributed by atoms with Crippen LogP contribution < -0.4 is 0 Å². The van der Waals surface area contributed by atoms with E-state index in [-0.39, 0.29) is 0 Å². The second kappa shape index (κ2) is 4.72. The van der Waals surface area contributed by atoms with Gasteiger partial charge in [0.1, 0.15) is 17.4 Å². The Morgan fingerprint density at radius 3 is 2.86 bits per heavy atom. The molecule has 1 N–H and O–H groups in total. The van der Waals surface area contributed by atoms with Gasteiger partial charge in [-0.15, -0.1) is 11.3 Å². The van der Waals surface area contributed by atoms with Crippen LogP contribution in [0.4, 0.5) is 0 Å². The Labute approximate surface area is 126 Å². The molecule has 2 aromatic carbocycles. The van der Waals surface area contributed by atoms with Gasteiger partial charge in [-0.2, -0.15) is 0 Å². The van der Waals surface area contributed by atoms with Crippen molar-refractivity contribution >= 4 is 32.4 Å². The van der Waals surface area contributed by atoms with Gasteiger partial charge in [0.05, 0.1) is 0 Å². The molecule has 0 aliphatic heterocycles. The fraction of sp³-hybridized carbons (Fsp3) is 0.111. The molecule has 2 aromatic heterocycles. The summed E-state index contributed by atoms with van der Waals surface area (Å²) in [4.78, 5) is 0. The number of aliphatic hydroxyl groups excluding tert-OH is 1. The largest absolute Gasteiger partial charge is 0.458 e. The van der Waals surface area contributed by atoms with Crippen LogP contribution in [0, 0.1) is 6.92 Å². The molecule has 2 heterocycles. The number of aliphatic hydroxyl groups is 1. The highest BCUT2D eigenvalue weighted by molar-refractivity contribution is 7.17. The zero-order valence-electron chi connectivity index (χ0n) is 11.5. The number of hydrogen-bond acceptors (Lipinski definition) is 3. The van der Waals surface area contributed by atoms with Crippen molar-refractivity contribution in [3.8, 4) is 0 Å². The summed E-state index contributed by atoms with van der Waals surface area (Å²) in [7, 11) is 0. The highest BCUT2D eigenvalue weighted by atomic mass is 32.1. The van der Waals surface area contributed by atoms with Gasteiger partial charge < -0.3 is 9.52 Å². The first-order valence-electron chi connectivity index (χ1n) is 6.87. The topological polar surface area (TPSA) is 33.4 Å². The van der Waals surface area contributed by atoms with Gasteiger partial charge in [-0.3, -0.25) is 0 Å². The molecule has 0 radical (unpaired) electrons. The Bertz CT molecular complexity index is 933. The predicted octanol–water partition coefficient (Wildman–Crippen LogP) is 5.04. The van der Waals surface area contributed by atoms with Gasteiger partial charge in [-0.05, 0) is 42.0 Å². The Hall–Kier alpha value is -2.10. The van der Waals surface area contributed by atoms with Crippen LogP contribution in [0.1, 0.15) is 23.0 Å². The van der Waals surface area contributed by atoms with E-state index >= 15 is 0 Å². The van der Waals surface area contributed by atoms with Crippen molar-refractivity contribution in [2.24, 2.45) is 0 Å². The molecule has 2 nitrogen and oxygen atoms in total. The van der Waals surface area contributed by atoms with Gasteiger partial charge in [0.15, 0.2) is 0 Å². The molecular formula is C18H14O2S. The molecule has 0 fully saturated rings. The summed E-state index contributed by atoms with van der Waals surface area (Å²) < 4.78 is 6.99. The Morgan fingerprint density at radius 2 is 1.95 bits per heavy atom. The van der Waals surface area contributed by atoms with Gasteiger partial charge in [-0.1, -0.05) is 29.8 Å².